The summed E-state index contributed by atoms with van der Waals surface area (Å²) in [5, 5.41) is 0. The van der Waals surface area contributed by atoms with Crippen LogP contribution in [-0.2, 0) is 0 Å². The van der Waals surface area contributed by atoms with Gasteiger partial charge in [0.25, 0.3) is 0 Å². The van der Waals surface area contributed by atoms with Crippen molar-refractivity contribution >= 4 is 15.9 Å². The van der Waals surface area contributed by atoms with Gasteiger partial charge in [-0.2, -0.15) is 0 Å². The van der Waals surface area contributed by atoms with Gasteiger partial charge in [-0.1, -0.05) is 41.8 Å². The zero-order valence-corrected chi connectivity index (χ0v) is 12.8. The molecule has 1 aromatic carbocycles. The molecule has 1 fully saturated rings. The van der Waals surface area contributed by atoms with Crippen LogP contribution >= 0.6 is 15.9 Å². The quantitative estimate of drug-likeness (QED) is 0.893. The average Bonchev–Trinajstić information content (AvgIpc) is 2.87. The van der Waals surface area contributed by atoms with Crippen molar-refractivity contribution < 1.29 is 4.74 Å². The molecule has 3 heteroatoms. The average molecular weight is 312 g/mol. The maximum atomic E-state index is 6.57. The van der Waals surface area contributed by atoms with E-state index in [4.69, 9.17) is 10.5 Å². The third kappa shape index (κ3) is 2.43. The van der Waals surface area contributed by atoms with Crippen molar-refractivity contribution in [1.29, 1.82) is 0 Å². The van der Waals surface area contributed by atoms with E-state index in [1.165, 1.54) is 31.2 Å². The van der Waals surface area contributed by atoms with E-state index in [0.717, 1.165) is 16.6 Å². The van der Waals surface area contributed by atoms with Gasteiger partial charge in [0.05, 0.1) is 7.11 Å². The van der Waals surface area contributed by atoms with Gasteiger partial charge in [0, 0.05) is 10.5 Å². The number of nitrogens with two attached hydrogens (primary N) is 1. The smallest absolute Gasteiger partial charge is 0.120 e. The van der Waals surface area contributed by atoms with Crippen molar-refractivity contribution in [3.8, 4) is 5.75 Å². The summed E-state index contributed by atoms with van der Waals surface area (Å²) in [6, 6.07) is 6.22. The topological polar surface area (TPSA) is 35.2 Å². The van der Waals surface area contributed by atoms with Gasteiger partial charge in [-0.25, -0.2) is 0 Å². The molecule has 0 saturated heterocycles. The van der Waals surface area contributed by atoms with Gasteiger partial charge in [-0.3, -0.25) is 0 Å². The predicted molar refractivity (Wildman–Crippen MR) is 78.8 cm³/mol. The molecule has 1 saturated carbocycles. The zero-order chi connectivity index (χ0) is 13.2. The maximum absolute atomic E-state index is 6.57. The van der Waals surface area contributed by atoms with Crippen LogP contribution in [0.4, 0.5) is 0 Å². The second kappa shape index (κ2) is 5.62. The molecule has 0 amide bonds. The highest BCUT2D eigenvalue weighted by molar-refractivity contribution is 9.10. The Morgan fingerprint density at radius 1 is 1.39 bits per heavy atom. The largest absolute Gasteiger partial charge is 0.497 e. The first-order chi connectivity index (χ1) is 8.63. The van der Waals surface area contributed by atoms with Crippen molar-refractivity contribution in [1.82, 2.24) is 0 Å². The summed E-state index contributed by atoms with van der Waals surface area (Å²) in [5.41, 5.74) is 8.06. The summed E-state index contributed by atoms with van der Waals surface area (Å²) in [4.78, 5) is 0. The van der Waals surface area contributed by atoms with Crippen LogP contribution in [-0.4, -0.2) is 7.11 Å². The monoisotopic (exact) mass is 311 g/mol. The standard InChI is InChI=1S/C15H22BrNO/c1-3-15(8-4-5-9-15)14(17)12-7-6-11(18-2)10-13(12)16/h6-7,10,14H,3-5,8-9,17H2,1-2H3. The normalized spacial score (nSPS) is 19.8. The van der Waals surface area contributed by atoms with E-state index in [-0.39, 0.29) is 11.5 Å². The van der Waals surface area contributed by atoms with Crippen LogP contribution in [0.2, 0.25) is 0 Å². The summed E-state index contributed by atoms with van der Waals surface area (Å²) >= 11 is 3.63. The number of hydrogen-bond donors (Lipinski definition) is 1. The lowest BCUT2D eigenvalue weighted by Crippen LogP contribution is -2.31. The molecule has 1 aliphatic rings. The summed E-state index contributed by atoms with van der Waals surface area (Å²) in [5.74, 6) is 0.870. The van der Waals surface area contributed by atoms with Crippen LogP contribution in [0.5, 0.6) is 5.75 Å². The van der Waals surface area contributed by atoms with Crippen LogP contribution in [0.15, 0.2) is 22.7 Å². The van der Waals surface area contributed by atoms with Crippen LogP contribution in [0.3, 0.4) is 0 Å². The first-order valence-electron chi connectivity index (χ1n) is 6.72. The lowest BCUT2D eigenvalue weighted by molar-refractivity contribution is 0.221. The first kappa shape index (κ1) is 13.9. The van der Waals surface area contributed by atoms with Gasteiger partial charge in [0.2, 0.25) is 0 Å². The highest BCUT2D eigenvalue weighted by atomic mass is 79.9. The molecule has 0 heterocycles. The second-order valence-electron chi connectivity index (χ2n) is 5.29. The minimum atomic E-state index is 0.116. The Kier molecular flexibility index (Phi) is 4.33. The Hall–Kier alpha value is -0.540. The predicted octanol–water partition coefficient (Wildman–Crippen LogP) is 4.43. The number of halogens is 1. The van der Waals surface area contributed by atoms with Crippen molar-refractivity contribution in [2.75, 3.05) is 7.11 Å². The zero-order valence-electron chi connectivity index (χ0n) is 11.2. The molecular formula is C15H22BrNO. The molecule has 2 rings (SSSR count). The number of methoxy groups -OCH3 is 1. The fraction of sp³-hybridized carbons (Fsp3) is 0.600. The molecule has 18 heavy (non-hydrogen) atoms. The van der Waals surface area contributed by atoms with E-state index in [0.29, 0.717) is 0 Å². The summed E-state index contributed by atoms with van der Waals surface area (Å²) in [6.45, 7) is 2.27. The molecule has 0 radical (unpaired) electrons. The van der Waals surface area contributed by atoms with Gasteiger partial charge in [0.1, 0.15) is 5.75 Å². The van der Waals surface area contributed by atoms with Crippen LogP contribution in [0.1, 0.15) is 50.6 Å². The Morgan fingerprint density at radius 2 is 2.06 bits per heavy atom. The van der Waals surface area contributed by atoms with Crippen LogP contribution < -0.4 is 10.5 Å². The molecule has 0 bridgehead atoms. The highest BCUT2D eigenvalue weighted by Gasteiger charge is 2.39. The number of ether oxygens (including phenoxy) is 1. The molecule has 1 atom stereocenters. The van der Waals surface area contributed by atoms with Gasteiger partial charge in [-0.15, -0.1) is 0 Å². The maximum Gasteiger partial charge on any atom is 0.120 e. The Bertz CT molecular complexity index is 413. The second-order valence-corrected chi connectivity index (χ2v) is 6.14. The van der Waals surface area contributed by atoms with E-state index in [2.05, 4.69) is 28.9 Å². The molecule has 1 aromatic rings. The molecular weight excluding hydrogens is 290 g/mol. The fourth-order valence-electron chi connectivity index (χ4n) is 3.18. The van der Waals surface area contributed by atoms with Crippen LogP contribution in [0, 0.1) is 5.41 Å². The molecule has 1 aliphatic carbocycles. The number of hydrogen-bond acceptors (Lipinski definition) is 2. The van der Waals surface area contributed by atoms with E-state index < -0.39 is 0 Å². The van der Waals surface area contributed by atoms with Crippen LogP contribution in [0.25, 0.3) is 0 Å². The van der Waals surface area contributed by atoms with E-state index in [1.807, 2.05) is 12.1 Å². The van der Waals surface area contributed by atoms with E-state index >= 15 is 0 Å². The van der Waals surface area contributed by atoms with Gasteiger partial charge in [0.15, 0.2) is 0 Å². The lowest BCUT2D eigenvalue weighted by atomic mass is 9.74. The molecule has 0 aromatic heterocycles. The van der Waals surface area contributed by atoms with Crippen molar-refractivity contribution in [3.63, 3.8) is 0 Å². The number of rotatable bonds is 4. The van der Waals surface area contributed by atoms with E-state index in [9.17, 15) is 0 Å². The molecule has 0 spiro atoms. The molecule has 1 unspecified atom stereocenters. The first-order valence-corrected chi connectivity index (χ1v) is 7.51. The van der Waals surface area contributed by atoms with Crippen molar-refractivity contribution in [3.05, 3.63) is 28.2 Å². The van der Waals surface area contributed by atoms with Crippen molar-refractivity contribution in [2.45, 2.75) is 45.1 Å². The SMILES string of the molecule is CCC1(C(N)c2ccc(OC)cc2Br)CCCC1. The summed E-state index contributed by atoms with van der Waals surface area (Å²) < 4.78 is 6.30. The van der Waals surface area contributed by atoms with Gasteiger partial charge >= 0.3 is 0 Å². The molecule has 100 valence electrons. The fourth-order valence-corrected chi connectivity index (χ4v) is 3.78. The van der Waals surface area contributed by atoms with Gasteiger partial charge < -0.3 is 10.5 Å². The lowest BCUT2D eigenvalue weighted by Gasteiger charge is -2.35. The number of benzene rings is 1. The summed E-state index contributed by atoms with van der Waals surface area (Å²) in [7, 11) is 1.69. The Labute approximate surface area is 118 Å². The highest BCUT2D eigenvalue weighted by Crippen LogP contribution is 2.50. The minimum Gasteiger partial charge on any atom is -0.497 e. The van der Waals surface area contributed by atoms with E-state index in [1.54, 1.807) is 7.11 Å². The molecule has 2 N–H and O–H groups in total. The van der Waals surface area contributed by atoms with Gasteiger partial charge in [-0.05, 0) is 42.4 Å². The molecule has 2 nitrogen and oxygen atoms in total. The Balaban J connectivity index is 2.30. The molecule has 0 aliphatic heterocycles. The summed E-state index contributed by atoms with van der Waals surface area (Å²) in [6.07, 6.45) is 6.30. The minimum absolute atomic E-state index is 0.116. The Morgan fingerprint density at radius 3 is 2.56 bits per heavy atom. The third-order valence-corrected chi connectivity index (χ3v) is 5.19. The third-order valence-electron chi connectivity index (χ3n) is 4.51. The van der Waals surface area contributed by atoms with Crippen molar-refractivity contribution in [2.24, 2.45) is 11.1 Å².